The molecule has 0 fully saturated rings. The first-order valence-electron chi connectivity index (χ1n) is 6.80. The van der Waals surface area contributed by atoms with Gasteiger partial charge in [-0.2, -0.15) is 4.37 Å². The van der Waals surface area contributed by atoms with E-state index >= 15 is 0 Å². The van der Waals surface area contributed by atoms with Gasteiger partial charge in [-0.15, -0.1) is 0 Å². The van der Waals surface area contributed by atoms with Crippen molar-refractivity contribution in [2.24, 2.45) is 0 Å². The fourth-order valence-corrected chi connectivity index (χ4v) is 2.49. The van der Waals surface area contributed by atoms with Crippen LogP contribution in [0, 0.1) is 6.92 Å². The molecular weight excluding hydrogens is 318 g/mol. The van der Waals surface area contributed by atoms with Gasteiger partial charge in [0.15, 0.2) is 0 Å². The number of amides is 2. The van der Waals surface area contributed by atoms with E-state index < -0.39 is 5.97 Å². The van der Waals surface area contributed by atoms with Crippen molar-refractivity contribution in [1.29, 1.82) is 0 Å². The third kappa shape index (κ3) is 4.62. The molecule has 3 N–H and O–H groups in total. The smallest absolute Gasteiger partial charge is 0.305 e. The van der Waals surface area contributed by atoms with Crippen LogP contribution in [0.25, 0.3) is 0 Å². The summed E-state index contributed by atoms with van der Waals surface area (Å²) >= 11 is 1.22. The summed E-state index contributed by atoms with van der Waals surface area (Å²) < 4.78 is 4.04. The average Bonchev–Trinajstić information content (AvgIpc) is 2.93. The van der Waals surface area contributed by atoms with Crippen LogP contribution >= 0.6 is 11.5 Å². The Balaban J connectivity index is 1.94. The van der Waals surface area contributed by atoms with Crippen molar-refractivity contribution >= 4 is 35.0 Å². The van der Waals surface area contributed by atoms with Crippen LogP contribution in [-0.2, 0) is 4.79 Å². The Hall–Kier alpha value is -2.74. The molecule has 7 nitrogen and oxygen atoms in total. The first kappa shape index (κ1) is 16.6. The molecule has 0 atom stereocenters. The molecule has 2 amide bonds. The van der Waals surface area contributed by atoms with Gasteiger partial charge in [-0.1, -0.05) is 0 Å². The van der Waals surface area contributed by atoms with E-state index in [-0.39, 0.29) is 24.8 Å². The van der Waals surface area contributed by atoms with Crippen LogP contribution in [0.1, 0.15) is 32.8 Å². The number of carboxylic acids is 1. The van der Waals surface area contributed by atoms with Crippen molar-refractivity contribution < 1.29 is 19.5 Å². The summed E-state index contributed by atoms with van der Waals surface area (Å²) in [5.41, 5.74) is 2.14. The van der Waals surface area contributed by atoms with Crippen LogP contribution in [-0.4, -0.2) is 33.8 Å². The Labute approximate surface area is 136 Å². The Kier molecular flexibility index (Phi) is 5.42. The molecule has 0 unspecified atom stereocenters. The van der Waals surface area contributed by atoms with Crippen LogP contribution in [0.5, 0.6) is 0 Å². The van der Waals surface area contributed by atoms with E-state index in [9.17, 15) is 14.4 Å². The van der Waals surface area contributed by atoms with Gasteiger partial charge in [-0.3, -0.25) is 14.4 Å². The van der Waals surface area contributed by atoms with Crippen molar-refractivity contribution in [3.63, 3.8) is 0 Å². The Morgan fingerprint density at radius 1 is 1.17 bits per heavy atom. The zero-order valence-corrected chi connectivity index (χ0v) is 13.1. The van der Waals surface area contributed by atoms with Crippen molar-refractivity contribution in [2.45, 2.75) is 13.3 Å². The lowest BCUT2D eigenvalue weighted by Crippen LogP contribution is -2.25. The lowest BCUT2D eigenvalue weighted by atomic mass is 10.2. The Morgan fingerprint density at radius 2 is 1.87 bits per heavy atom. The molecular formula is C15H15N3O4S. The van der Waals surface area contributed by atoms with Crippen LogP contribution < -0.4 is 10.6 Å². The maximum Gasteiger partial charge on any atom is 0.305 e. The highest BCUT2D eigenvalue weighted by Crippen LogP contribution is 2.14. The van der Waals surface area contributed by atoms with Gasteiger partial charge >= 0.3 is 5.97 Å². The maximum absolute atomic E-state index is 12.0. The lowest BCUT2D eigenvalue weighted by Gasteiger charge is -2.07. The second kappa shape index (κ2) is 7.50. The standard InChI is InChI=1S/C15H15N3O4S/c1-9-12(8-23-18-9)15(22)17-11-4-2-10(3-5-11)14(21)16-7-6-13(19)20/h2-5,8H,6-7H2,1H3,(H,16,21)(H,17,22)(H,19,20). The minimum Gasteiger partial charge on any atom is -0.481 e. The summed E-state index contributed by atoms with van der Waals surface area (Å²) in [6, 6.07) is 6.34. The molecule has 2 aromatic rings. The van der Waals surface area contributed by atoms with Gasteiger partial charge in [-0.05, 0) is 42.7 Å². The van der Waals surface area contributed by atoms with Crippen molar-refractivity contribution in [1.82, 2.24) is 9.69 Å². The Morgan fingerprint density at radius 3 is 2.43 bits per heavy atom. The monoisotopic (exact) mass is 333 g/mol. The number of aromatic nitrogens is 1. The molecule has 0 bridgehead atoms. The fourth-order valence-electron chi connectivity index (χ4n) is 1.80. The van der Waals surface area contributed by atoms with Crippen LogP contribution in [0.2, 0.25) is 0 Å². The molecule has 0 saturated carbocycles. The van der Waals surface area contributed by atoms with E-state index in [0.29, 0.717) is 22.5 Å². The van der Waals surface area contributed by atoms with E-state index in [2.05, 4.69) is 15.0 Å². The number of rotatable bonds is 6. The van der Waals surface area contributed by atoms with Crippen LogP contribution in [0.3, 0.4) is 0 Å². The number of aliphatic carboxylic acids is 1. The molecule has 0 aliphatic heterocycles. The van der Waals surface area contributed by atoms with Crippen molar-refractivity contribution in [3.05, 3.63) is 46.5 Å². The molecule has 0 aliphatic rings. The molecule has 120 valence electrons. The fraction of sp³-hybridized carbons (Fsp3) is 0.200. The molecule has 8 heteroatoms. The van der Waals surface area contributed by atoms with Crippen molar-refractivity contribution in [3.8, 4) is 0 Å². The largest absolute Gasteiger partial charge is 0.481 e. The number of aryl methyl sites for hydroxylation is 1. The molecule has 1 aromatic heterocycles. The average molecular weight is 333 g/mol. The summed E-state index contributed by atoms with van der Waals surface area (Å²) in [5, 5.41) is 15.4. The summed E-state index contributed by atoms with van der Waals surface area (Å²) in [6.07, 6.45) is -0.131. The number of carbonyl (C=O) groups is 3. The maximum atomic E-state index is 12.0. The third-order valence-corrected chi connectivity index (χ3v) is 3.74. The predicted molar refractivity (Wildman–Crippen MR) is 85.8 cm³/mol. The number of hydrogen-bond donors (Lipinski definition) is 3. The quantitative estimate of drug-likeness (QED) is 0.748. The molecule has 0 aliphatic carbocycles. The number of carbonyl (C=O) groups excluding carboxylic acids is 2. The van der Waals surface area contributed by atoms with E-state index in [4.69, 9.17) is 5.11 Å². The second-order valence-corrected chi connectivity index (χ2v) is 5.37. The molecule has 0 radical (unpaired) electrons. The van der Waals surface area contributed by atoms with E-state index in [1.807, 2.05) is 0 Å². The number of anilines is 1. The lowest BCUT2D eigenvalue weighted by molar-refractivity contribution is -0.136. The SMILES string of the molecule is Cc1nscc1C(=O)Nc1ccc(C(=O)NCCC(=O)O)cc1. The van der Waals surface area contributed by atoms with Crippen molar-refractivity contribution in [2.75, 3.05) is 11.9 Å². The molecule has 0 spiro atoms. The predicted octanol–water partition coefficient (Wildman–Crippen LogP) is 1.91. The minimum atomic E-state index is -0.971. The van der Waals surface area contributed by atoms with Gasteiger partial charge in [-0.25, -0.2) is 0 Å². The third-order valence-electron chi connectivity index (χ3n) is 3.02. The number of carboxylic acid groups (broad SMARTS) is 1. The number of hydrogen-bond acceptors (Lipinski definition) is 5. The Bertz CT molecular complexity index is 725. The molecule has 0 saturated heterocycles. The summed E-state index contributed by atoms with van der Waals surface area (Å²) in [5.74, 6) is -1.58. The zero-order valence-electron chi connectivity index (χ0n) is 12.3. The minimum absolute atomic E-state index is 0.0666. The van der Waals surface area contributed by atoms with E-state index in [1.165, 1.54) is 11.5 Å². The van der Waals surface area contributed by atoms with Gasteiger partial charge in [0, 0.05) is 23.2 Å². The number of nitrogens with one attached hydrogen (secondary N) is 2. The van der Waals surface area contributed by atoms with Gasteiger partial charge in [0.05, 0.1) is 17.7 Å². The number of benzene rings is 1. The van der Waals surface area contributed by atoms with E-state index in [0.717, 1.165) is 0 Å². The first-order chi connectivity index (χ1) is 11.0. The second-order valence-electron chi connectivity index (χ2n) is 4.74. The highest BCUT2D eigenvalue weighted by atomic mass is 32.1. The molecule has 1 aromatic carbocycles. The summed E-state index contributed by atoms with van der Waals surface area (Å²) in [7, 11) is 0. The molecule has 2 rings (SSSR count). The van der Waals surface area contributed by atoms with Gasteiger partial charge in [0.1, 0.15) is 0 Å². The van der Waals surface area contributed by atoms with Crippen LogP contribution in [0.4, 0.5) is 5.69 Å². The first-order valence-corrected chi connectivity index (χ1v) is 7.63. The topological polar surface area (TPSA) is 108 Å². The molecule has 1 heterocycles. The zero-order chi connectivity index (χ0) is 16.8. The normalized spacial score (nSPS) is 10.1. The highest BCUT2D eigenvalue weighted by Gasteiger charge is 2.12. The molecule has 23 heavy (non-hydrogen) atoms. The number of nitrogens with zero attached hydrogens (tertiary/aromatic N) is 1. The van der Waals surface area contributed by atoms with E-state index in [1.54, 1.807) is 36.6 Å². The van der Waals surface area contributed by atoms with Crippen LogP contribution in [0.15, 0.2) is 29.6 Å². The summed E-state index contributed by atoms with van der Waals surface area (Å²) in [4.78, 5) is 34.2. The van der Waals surface area contributed by atoms with Gasteiger partial charge in [0.2, 0.25) is 0 Å². The van der Waals surface area contributed by atoms with Gasteiger partial charge < -0.3 is 15.7 Å². The summed E-state index contributed by atoms with van der Waals surface area (Å²) in [6.45, 7) is 1.83. The highest BCUT2D eigenvalue weighted by molar-refractivity contribution is 7.04. The van der Waals surface area contributed by atoms with Gasteiger partial charge in [0.25, 0.3) is 11.8 Å².